The molecule has 178 valence electrons. The second-order valence-corrected chi connectivity index (χ2v) is 10.5. The molecule has 1 aromatic carbocycles. The maximum absolute atomic E-state index is 13.1. The van der Waals surface area contributed by atoms with E-state index in [0.29, 0.717) is 51.6 Å². The lowest BCUT2D eigenvalue weighted by atomic mass is 9.96. The number of nitrogens with zero attached hydrogens (tertiary/aromatic N) is 3. The Balaban J connectivity index is 0.00000289. The molecule has 0 radical (unpaired) electrons. The largest absolute Gasteiger partial charge is 0.352 e. The van der Waals surface area contributed by atoms with Crippen LogP contribution >= 0.6 is 12.4 Å². The lowest BCUT2D eigenvalue weighted by Crippen LogP contribution is -2.53. The predicted octanol–water partition coefficient (Wildman–Crippen LogP) is 1.07. The third kappa shape index (κ3) is 5.98. The first-order valence-electron chi connectivity index (χ1n) is 10.9. The molecule has 32 heavy (non-hydrogen) atoms. The van der Waals surface area contributed by atoms with E-state index >= 15 is 0 Å². The van der Waals surface area contributed by atoms with Crippen molar-refractivity contribution in [3.05, 3.63) is 30.1 Å². The Hall–Kier alpha value is -1.75. The Morgan fingerprint density at radius 1 is 0.938 bits per heavy atom. The number of piperidine rings is 1. The monoisotopic (exact) mass is 488 g/mol. The maximum atomic E-state index is 13.1. The van der Waals surface area contributed by atoms with Crippen LogP contribution < -0.4 is 5.32 Å². The number of amides is 2. The number of carbonyl (C=O) groups is 2. The molecule has 3 aliphatic rings. The lowest BCUT2D eigenvalue weighted by Gasteiger charge is -2.38. The summed E-state index contributed by atoms with van der Waals surface area (Å²) in [5.74, 6) is -0.547. The van der Waals surface area contributed by atoms with Gasteiger partial charge in [0.05, 0.1) is 11.4 Å². The second-order valence-electron chi connectivity index (χ2n) is 8.58. The molecule has 0 spiro atoms. The highest BCUT2D eigenvalue weighted by Gasteiger charge is 2.35. The van der Waals surface area contributed by atoms with E-state index in [1.54, 1.807) is 0 Å². The fourth-order valence-electron chi connectivity index (χ4n) is 4.19. The van der Waals surface area contributed by atoms with Gasteiger partial charge >= 0.3 is 0 Å². The van der Waals surface area contributed by atoms with Gasteiger partial charge in [-0.15, -0.1) is 12.4 Å². The molecule has 11 heteroatoms. The molecule has 0 unspecified atom stereocenters. The van der Waals surface area contributed by atoms with E-state index in [1.165, 1.54) is 16.4 Å². The first-order valence-corrected chi connectivity index (χ1v) is 12.3. The number of benzene rings is 1. The molecule has 4 rings (SSSR count). The average Bonchev–Trinajstić information content (AvgIpc) is 3.58. The van der Waals surface area contributed by atoms with Gasteiger partial charge in [-0.1, -0.05) is 0 Å². The molecule has 0 bridgehead atoms. The van der Waals surface area contributed by atoms with Crippen molar-refractivity contribution in [1.29, 1.82) is 0 Å². The van der Waals surface area contributed by atoms with Gasteiger partial charge in [0.2, 0.25) is 21.8 Å². The minimum absolute atomic E-state index is 0. The van der Waals surface area contributed by atoms with Crippen LogP contribution in [0.2, 0.25) is 0 Å². The SMILES string of the molecule is Cl.O=C(CN1CCN(C(=O)C2CCN(S(=O)(=O)c3ccc(F)cc3)CC2)CC1)NC1CC1. The number of halogens is 2. The first-order chi connectivity index (χ1) is 14.8. The topological polar surface area (TPSA) is 90.0 Å². The van der Waals surface area contributed by atoms with Crippen molar-refractivity contribution in [3.63, 3.8) is 0 Å². The van der Waals surface area contributed by atoms with Gasteiger partial charge in [-0.25, -0.2) is 12.8 Å². The van der Waals surface area contributed by atoms with Gasteiger partial charge in [-0.05, 0) is 49.9 Å². The molecule has 8 nitrogen and oxygen atoms in total. The van der Waals surface area contributed by atoms with Crippen LogP contribution in [0.25, 0.3) is 0 Å². The zero-order chi connectivity index (χ0) is 22.0. The third-order valence-electron chi connectivity index (χ3n) is 6.25. The van der Waals surface area contributed by atoms with Crippen LogP contribution in [0.3, 0.4) is 0 Å². The fraction of sp³-hybridized carbons (Fsp3) is 0.619. The van der Waals surface area contributed by atoms with Crippen LogP contribution in [-0.4, -0.2) is 86.2 Å². The van der Waals surface area contributed by atoms with E-state index in [2.05, 4.69) is 10.2 Å². The molecule has 0 atom stereocenters. The molecular weight excluding hydrogens is 459 g/mol. The Labute approximate surface area is 194 Å². The van der Waals surface area contributed by atoms with E-state index in [0.717, 1.165) is 25.0 Å². The molecule has 1 aromatic rings. The fourth-order valence-corrected chi connectivity index (χ4v) is 5.66. The summed E-state index contributed by atoms with van der Waals surface area (Å²) in [6, 6.07) is 5.17. The summed E-state index contributed by atoms with van der Waals surface area (Å²) in [7, 11) is -3.68. The van der Waals surface area contributed by atoms with Gasteiger partial charge < -0.3 is 10.2 Å². The first kappa shape index (κ1) is 24.9. The molecule has 3 fully saturated rings. The van der Waals surface area contributed by atoms with E-state index in [-0.39, 0.29) is 48.1 Å². The number of hydrogen-bond acceptors (Lipinski definition) is 5. The van der Waals surface area contributed by atoms with E-state index in [4.69, 9.17) is 0 Å². The Morgan fingerprint density at radius 2 is 1.53 bits per heavy atom. The van der Waals surface area contributed by atoms with Crippen molar-refractivity contribution in [2.45, 2.75) is 36.6 Å². The van der Waals surface area contributed by atoms with Gasteiger partial charge in [0.1, 0.15) is 5.82 Å². The Bertz CT molecular complexity index is 910. The van der Waals surface area contributed by atoms with Gasteiger partial charge in [0.15, 0.2) is 0 Å². The summed E-state index contributed by atoms with van der Waals surface area (Å²) < 4.78 is 40.0. The summed E-state index contributed by atoms with van der Waals surface area (Å²) in [5, 5.41) is 2.98. The highest BCUT2D eigenvalue weighted by molar-refractivity contribution is 7.89. The number of rotatable bonds is 6. The number of sulfonamides is 1. The summed E-state index contributed by atoms with van der Waals surface area (Å²) in [4.78, 5) is 28.8. The van der Waals surface area contributed by atoms with Gasteiger partial charge in [0, 0.05) is 51.2 Å². The number of nitrogens with one attached hydrogen (secondary N) is 1. The van der Waals surface area contributed by atoms with E-state index in [1.807, 2.05) is 4.90 Å². The van der Waals surface area contributed by atoms with Crippen LogP contribution in [0.5, 0.6) is 0 Å². The molecule has 2 aliphatic heterocycles. The maximum Gasteiger partial charge on any atom is 0.243 e. The number of hydrogen-bond donors (Lipinski definition) is 1. The lowest BCUT2D eigenvalue weighted by molar-refractivity contribution is -0.138. The standard InChI is InChI=1S/C21H29FN4O4S.ClH/c22-17-1-5-19(6-2-17)31(29,30)26-9-7-16(8-10-26)21(28)25-13-11-24(12-14-25)15-20(27)23-18-3-4-18;/h1-2,5-6,16,18H,3-4,7-15H2,(H,23,27);1H. The molecule has 1 aliphatic carbocycles. The van der Waals surface area contributed by atoms with E-state index in [9.17, 15) is 22.4 Å². The Morgan fingerprint density at radius 3 is 2.09 bits per heavy atom. The van der Waals surface area contributed by atoms with Gasteiger partial charge in [-0.3, -0.25) is 14.5 Å². The predicted molar refractivity (Wildman–Crippen MR) is 119 cm³/mol. The van der Waals surface area contributed by atoms with Gasteiger partial charge in [0.25, 0.3) is 0 Å². The van der Waals surface area contributed by atoms with Crippen molar-refractivity contribution in [2.75, 3.05) is 45.8 Å². The normalized spacial score (nSPS) is 21.1. The molecule has 2 heterocycles. The van der Waals surface area contributed by atoms with Crippen molar-refractivity contribution in [1.82, 2.24) is 19.4 Å². The summed E-state index contributed by atoms with van der Waals surface area (Å²) >= 11 is 0. The highest BCUT2D eigenvalue weighted by atomic mass is 35.5. The van der Waals surface area contributed by atoms with Crippen molar-refractivity contribution >= 4 is 34.2 Å². The number of piperazine rings is 1. The van der Waals surface area contributed by atoms with Gasteiger partial charge in [-0.2, -0.15) is 4.31 Å². The molecule has 1 saturated carbocycles. The highest BCUT2D eigenvalue weighted by Crippen LogP contribution is 2.26. The summed E-state index contributed by atoms with van der Waals surface area (Å²) in [5.41, 5.74) is 0. The van der Waals surface area contributed by atoms with Crippen molar-refractivity contribution in [2.24, 2.45) is 5.92 Å². The van der Waals surface area contributed by atoms with Crippen LogP contribution in [-0.2, 0) is 19.6 Å². The van der Waals surface area contributed by atoms with E-state index < -0.39 is 15.8 Å². The second kappa shape index (κ2) is 10.5. The van der Waals surface area contributed by atoms with Crippen molar-refractivity contribution in [3.8, 4) is 0 Å². The summed E-state index contributed by atoms with van der Waals surface area (Å²) in [6.45, 7) is 3.43. The van der Waals surface area contributed by atoms with Crippen LogP contribution in [0, 0.1) is 11.7 Å². The minimum atomic E-state index is -3.68. The van der Waals surface area contributed by atoms with Crippen molar-refractivity contribution < 1.29 is 22.4 Å². The van der Waals surface area contributed by atoms with Crippen LogP contribution in [0.15, 0.2) is 29.2 Å². The molecule has 1 N–H and O–H groups in total. The molecule has 0 aromatic heterocycles. The minimum Gasteiger partial charge on any atom is -0.352 e. The molecule has 2 saturated heterocycles. The smallest absolute Gasteiger partial charge is 0.243 e. The number of carbonyl (C=O) groups excluding carboxylic acids is 2. The zero-order valence-corrected chi connectivity index (χ0v) is 19.5. The molecule has 2 amide bonds. The summed E-state index contributed by atoms with van der Waals surface area (Å²) in [6.07, 6.45) is 3.09. The van der Waals surface area contributed by atoms with Crippen LogP contribution in [0.1, 0.15) is 25.7 Å². The third-order valence-corrected chi connectivity index (χ3v) is 8.16. The molecular formula is C21H30ClFN4O4S. The quantitative estimate of drug-likeness (QED) is 0.647. The average molecular weight is 489 g/mol. The van der Waals surface area contributed by atoms with Crippen LogP contribution in [0.4, 0.5) is 4.39 Å². The zero-order valence-electron chi connectivity index (χ0n) is 17.9. The Kier molecular flexibility index (Phi) is 8.13.